The van der Waals surface area contributed by atoms with Crippen LogP contribution in [-0.2, 0) is 9.47 Å². The van der Waals surface area contributed by atoms with Crippen molar-refractivity contribution in [1.82, 2.24) is 0 Å². The SMILES string of the molecule is CCC[CH2][Sn]([CH2]CCC)([CH2]CCC)[CH]1OCCO1. The average Bonchev–Trinajstić information content (AvgIpc) is 2.93. The van der Waals surface area contributed by atoms with Crippen molar-refractivity contribution in [2.75, 3.05) is 13.2 Å². The first-order chi connectivity index (χ1) is 8.79. The van der Waals surface area contributed by atoms with Gasteiger partial charge in [-0.15, -0.1) is 0 Å². The monoisotopic (exact) mass is 364 g/mol. The molecule has 18 heavy (non-hydrogen) atoms. The molecule has 1 aliphatic rings. The summed E-state index contributed by atoms with van der Waals surface area (Å²) in [4.78, 5) is 0. The number of unbranched alkanes of at least 4 members (excludes halogenated alkanes) is 3. The minimum atomic E-state index is -2.22. The van der Waals surface area contributed by atoms with Crippen LogP contribution in [0.4, 0.5) is 0 Å². The van der Waals surface area contributed by atoms with Crippen molar-refractivity contribution in [2.45, 2.75) is 76.9 Å². The molecule has 1 fully saturated rings. The van der Waals surface area contributed by atoms with E-state index in [4.69, 9.17) is 9.47 Å². The molecule has 0 aromatic heterocycles. The Morgan fingerprint density at radius 1 is 0.778 bits per heavy atom. The summed E-state index contributed by atoms with van der Waals surface area (Å²) in [5.41, 5.74) is 0. The first-order valence-electron chi connectivity index (χ1n) is 8.02. The molecular formula is C15H32O2Sn. The molecule has 0 N–H and O–H groups in total. The van der Waals surface area contributed by atoms with Crippen LogP contribution in [0.15, 0.2) is 0 Å². The van der Waals surface area contributed by atoms with E-state index < -0.39 is 18.4 Å². The van der Waals surface area contributed by atoms with Gasteiger partial charge in [-0.1, -0.05) is 0 Å². The van der Waals surface area contributed by atoms with Crippen molar-refractivity contribution in [1.29, 1.82) is 0 Å². The molecule has 108 valence electrons. The Kier molecular flexibility index (Phi) is 8.94. The molecule has 2 nitrogen and oxygen atoms in total. The van der Waals surface area contributed by atoms with Crippen LogP contribution < -0.4 is 0 Å². The molecule has 0 bridgehead atoms. The summed E-state index contributed by atoms with van der Waals surface area (Å²) < 4.78 is 16.7. The zero-order chi connectivity index (χ0) is 13.3. The van der Waals surface area contributed by atoms with Gasteiger partial charge in [0.25, 0.3) is 0 Å². The second-order valence-corrected chi connectivity index (χ2v) is 19.1. The Balaban J connectivity index is 2.68. The van der Waals surface area contributed by atoms with Crippen LogP contribution in [0.1, 0.15) is 59.3 Å². The third-order valence-corrected chi connectivity index (χ3v) is 19.6. The molecule has 0 saturated carbocycles. The standard InChI is InChI=1S/3C4H9.C3H5O2.Sn/c3*1-3-4-2;1-2-5-3-4-1;/h3*1,3-4H2,2H3;3H,1-2H2;. The second kappa shape index (κ2) is 9.60. The molecule has 0 spiro atoms. The minimum absolute atomic E-state index is 0.281. The fourth-order valence-electron chi connectivity index (χ4n) is 3.03. The molecule has 3 heteroatoms. The Morgan fingerprint density at radius 3 is 1.50 bits per heavy atom. The zero-order valence-electron chi connectivity index (χ0n) is 12.7. The van der Waals surface area contributed by atoms with Crippen LogP contribution in [0.3, 0.4) is 0 Å². The van der Waals surface area contributed by atoms with Crippen molar-refractivity contribution in [3.05, 3.63) is 0 Å². The van der Waals surface area contributed by atoms with Gasteiger partial charge in [-0.05, 0) is 0 Å². The first-order valence-corrected chi connectivity index (χ1v) is 15.7. The van der Waals surface area contributed by atoms with E-state index in [1.54, 1.807) is 0 Å². The fourth-order valence-corrected chi connectivity index (χ4v) is 18.9. The topological polar surface area (TPSA) is 18.5 Å². The van der Waals surface area contributed by atoms with Crippen molar-refractivity contribution in [3.63, 3.8) is 0 Å². The number of ether oxygens (including phenoxy) is 2. The summed E-state index contributed by atoms with van der Waals surface area (Å²) in [5.74, 6) is 0. The van der Waals surface area contributed by atoms with Gasteiger partial charge in [0.05, 0.1) is 0 Å². The van der Waals surface area contributed by atoms with Gasteiger partial charge < -0.3 is 0 Å². The summed E-state index contributed by atoms with van der Waals surface area (Å²) in [5, 5.41) is 0. The van der Waals surface area contributed by atoms with Crippen molar-refractivity contribution in [2.24, 2.45) is 0 Å². The van der Waals surface area contributed by atoms with Gasteiger partial charge in [0, 0.05) is 0 Å². The normalized spacial score (nSPS) is 17.5. The molecule has 0 aromatic rings. The van der Waals surface area contributed by atoms with Gasteiger partial charge in [-0.2, -0.15) is 0 Å². The zero-order valence-corrected chi connectivity index (χ0v) is 15.5. The number of rotatable bonds is 10. The van der Waals surface area contributed by atoms with Gasteiger partial charge >= 0.3 is 118 Å². The third-order valence-electron chi connectivity index (χ3n) is 4.21. The predicted octanol–water partition coefficient (Wildman–Crippen LogP) is 4.75. The Hall–Kier alpha value is 0.719. The molecule has 0 unspecified atom stereocenters. The van der Waals surface area contributed by atoms with E-state index in [1.165, 1.54) is 51.8 Å². The number of hydrogen-bond acceptors (Lipinski definition) is 2. The first kappa shape index (κ1) is 16.8. The van der Waals surface area contributed by atoms with E-state index in [2.05, 4.69) is 20.8 Å². The van der Waals surface area contributed by atoms with E-state index in [1.807, 2.05) is 0 Å². The molecule has 0 aliphatic carbocycles. The van der Waals surface area contributed by atoms with E-state index in [0.717, 1.165) is 13.2 Å². The van der Waals surface area contributed by atoms with Crippen LogP contribution in [-0.4, -0.2) is 35.9 Å². The second-order valence-electron chi connectivity index (χ2n) is 5.75. The Labute approximate surface area is 118 Å². The predicted molar refractivity (Wildman–Crippen MR) is 80.6 cm³/mol. The summed E-state index contributed by atoms with van der Waals surface area (Å²) in [6.45, 7) is 8.62. The van der Waals surface area contributed by atoms with Gasteiger partial charge in [-0.3, -0.25) is 0 Å². The molecule has 0 aromatic carbocycles. The van der Waals surface area contributed by atoms with Crippen molar-refractivity contribution >= 4 is 18.4 Å². The van der Waals surface area contributed by atoms with E-state index in [0.29, 0.717) is 0 Å². The van der Waals surface area contributed by atoms with Crippen molar-refractivity contribution < 1.29 is 9.47 Å². The van der Waals surface area contributed by atoms with E-state index in [9.17, 15) is 0 Å². The van der Waals surface area contributed by atoms with Crippen LogP contribution in [0.25, 0.3) is 0 Å². The van der Waals surface area contributed by atoms with Crippen LogP contribution >= 0.6 is 0 Å². The van der Waals surface area contributed by atoms with Crippen molar-refractivity contribution in [3.8, 4) is 0 Å². The summed E-state index contributed by atoms with van der Waals surface area (Å²) >= 11 is -2.22. The van der Waals surface area contributed by atoms with Crippen LogP contribution in [0.5, 0.6) is 0 Å². The fraction of sp³-hybridized carbons (Fsp3) is 1.00. The van der Waals surface area contributed by atoms with Gasteiger partial charge in [0.1, 0.15) is 0 Å². The Morgan fingerprint density at radius 2 is 1.17 bits per heavy atom. The molecule has 0 radical (unpaired) electrons. The molecule has 1 saturated heterocycles. The molecule has 1 heterocycles. The summed E-state index contributed by atoms with van der Waals surface area (Å²) in [6.07, 6.45) is 8.16. The third kappa shape index (κ3) is 5.01. The quantitative estimate of drug-likeness (QED) is 0.522. The molecule has 1 aliphatic heterocycles. The van der Waals surface area contributed by atoms with Gasteiger partial charge in [0.2, 0.25) is 0 Å². The Bertz CT molecular complexity index is 181. The molecule has 0 amide bonds. The molecule has 0 atom stereocenters. The maximum absolute atomic E-state index is 5.98. The van der Waals surface area contributed by atoms with Crippen LogP contribution in [0, 0.1) is 0 Å². The van der Waals surface area contributed by atoms with Gasteiger partial charge in [-0.25, -0.2) is 0 Å². The van der Waals surface area contributed by atoms with Gasteiger partial charge in [0.15, 0.2) is 0 Å². The van der Waals surface area contributed by atoms with E-state index >= 15 is 0 Å². The van der Waals surface area contributed by atoms with E-state index in [-0.39, 0.29) is 4.31 Å². The molecular weight excluding hydrogens is 331 g/mol. The average molecular weight is 363 g/mol. The maximum atomic E-state index is 5.98. The molecule has 1 rings (SSSR count). The summed E-state index contributed by atoms with van der Waals surface area (Å²) in [6, 6.07) is 0. The number of hydrogen-bond donors (Lipinski definition) is 0. The van der Waals surface area contributed by atoms with Crippen LogP contribution in [0.2, 0.25) is 13.3 Å². The summed E-state index contributed by atoms with van der Waals surface area (Å²) in [7, 11) is 0.